The zero-order chi connectivity index (χ0) is 16.5. The van der Waals surface area contributed by atoms with Crippen molar-refractivity contribution in [3.05, 3.63) is 29.3 Å². The van der Waals surface area contributed by atoms with Crippen molar-refractivity contribution in [3.63, 3.8) is 0 Å². The number of nitrogens with zero attached hydrogens (tertiary/aromatic N) is 2. The molecule has 2 rings (SSSR count). The molecule has 2 nitrogen and oxygen atoms in total. The Labute approximate surface area is 124 Å². The quantitative estimate of drug-likeness (QED) is 0.762. The highest BCUT2D eigenvalue weighted by Gasteiger charge is 2.37. The Bertz CT molecular complexity index is 483. The molecule has 0 bridgehead atoms. The third-order valence-electron chi connectivity index (χ3n) is 3.76. The first-order valence-corrected chi connectivity index (χ1v) is 6.88. The van der Waals surface area contributed by atoms with Crippen LogP contribution in [0.1, 0.15) is 18.1 Å². The Morgan fingerprint density at radius 2 is 1.27 bits per heavy atom. The van der Waals surface area contributed by atoms with Crippen LogP contribution in [0.5, 0.6) is 0 Å². The van der Waals surface area contributed by atoms with Crippen molar-refractivity contribution in [2.24, 2.45) is 0 Å². The van der Waals surface area contributed by atoms with Crippen LogP contribution in [0.4, 0.5) is 32.0 Å². The predicted octanol–water partition coefficient (Wildman–Crippen LogP) is 3.87. The van der Waals surface area contributed by atoms with E-state index in [1.807, 2.05) is 6.92 Å². The van der Waals surface area contributed by atoms with E-state index in [0.717, 1.165) is 18.7 Å². The highest BCUT2D eigenvalue weighted by atomic mass is 19.4. The summed E-state index contributed by atoms with van der Waals surface area (Å²) in [4.78, 5) is 3.66. The fraction of sp³-hybridized carbons (Fsp3) is 0.571. The zero-order valence-corrected chi connectivity index (χ0v) is 11.9. The van der Waals surface area contributed by atoms with Crippen LogP contribution in [0, 0.1) is 0 Å². The third-order valence-corrected chi connectivity index (χ3v) is 3.76. The van der Waals surface area contributed by atoms with Gasteiger partial charge in [0.25, 0.3) is 0 Å². The molecule has 0 amide bonds. The van der Waals surface area contributed by atoms with Crippen LogP contribution in [0.3, 0.4) is 0 Å². The molecule has 1 aliphatic heterocycles. The Morgan fingerprint density at radius 1 is 0.818 bits per heavy atom. The smallest absolute Gasteiger partial charge is 0.369 e. The number of rotatable bonds is 2. The lowest BCUT2D eigenvalue weighted by Crippen LogP contribution is -2.46. The van der Waals surface area contributed by atoms with Gasteiger partial charge in [-0.05, 0) is 24.7 Å². The van der Waals surface area contributed by atoms with Gasteiger partial charge in [0.05, 0.1) is 11.1 Å². The number of likely N-dealkylation sites (N-methyl/N-ethyl adjacent to an activating group) is 1. The van der Waals surface area contributed by atoms with Gasteiger partial charge in [-0.15, -0.1) is 0 Å². The topological polar surface area (TPSA) is 6.48 Å². The third kappa shape index (κ3) is 3.85. The summed E-state index contributed by atoms with van der Waals surface area (Å²) in [6.45, 7) is 4.83. The van der Waals surface area contributed by atoms with E-state index in [-0.39, 0.29) is 11.8 Å². The predicted molar refractivity (Wildman–Crippen MR) is 70.8 cm³/mol. The van der Waals surface area contributed by atoms with E-state index in [0.29, 0.717) is 26.2 Å². The average molecular weight is 326 g/mol. The van der Waals surface area contributed by atoms with Crippen molar-refractivity contribution in [3.8, 4) is 0 Å². The van der Waals surface area contributed by atoms with Crippen molar-refractivity contribution >= 4 is 5.69 Å². The van der Waals surface area contributed by atoms with E-state index in [4.69, 9.17) is 0 Å². The summed E-state index contributed by atoms with van der Waals surface area (Å²) < 4.78 is 77.0. The number of piperazine rings is 1. The summed E-state index contributed by atoms with van der Waals surface area (Å²) in [6.07, 6.45) is -9.61. The maximum atomic E-state index is 12.8. The van der Waals surface area contributed by atoms with Crippen molar-refractivity contribution in [2.75, 3.05) is 37.6 Å². The standard InChI is InChI=1S/C14H16F6N2/c1-2-21-3-5-22(6-4-21)12-8-10(13(15,16)17)7-11(9-12)14(18,19)20/h7-9H,2-6H2,1H3. The molecule has 0 atom stereocenters. The van der Waals surface area contributed by atoms with E-state index in [9.17, 15) is 26.3 Å². The summed E-state index contributed by atoms with van der Waals surface area (Å²) in [5.41, 5.74) is -2.57. The van der Waals surface area contributed by atoms with Crippen LogP contribution in [-0.4, -0.2) is 37.6 Å². The molecule has 124 valence electrons. The Hall–Kier alpha value is -1.44. The molecule has 0 unspecified atom stereocenters. The minimum absolute atomic E-state index is 0.0297. The van der Waals surface area contributed by atoms with E-state index < -0.39 is 23.5 Å². The number of halogens is 6. The highest BCUT2D eigenvalue weighted by Crippen LogP contribution is 2.38. The first kappa shape index (κ1) is 16.9. The largest absolute Gasteiger partial charge is 0.416 e. The minimum atomic E-state index is -4.80. The van der Waals surface area contributed by atoms with Crippen molar-refractivity contribution in [2.45, 2.75) is 19.3 Å². The van der Waals surface area contributed by atoms with Gasteiger partial charge in [-0.1, -0.05) is 6.92 Å². The van der Waals surface area contributed by atoms with E-state index in [2.05, 4.69) is 4.90 Å². The summed E-state index contributed by atoms with van der Waals surface area (Å²) in [5, 5.41) is 0. The van der Waals surface area contributed by atoms with Gasteiger partial charge < -0.3 is 9.80 Å². The lowest BCUT2D eigenvalue weighted by molar-refractivity contribution is -0.143. The van der Waals surface area contributed by atoms with Crippen LogP contribution >= 0.6 is 0 Å². The summed E-state index contributed by atoms with van der Waals surface area (Å²) >= 11 is 0. The second kappa shape index (κ2) is 5.98. The van der Waals surface area contributed by atoms with Gasteiger partial charge in [-0.2, -0.15) is 26.3 Å². The van der Waals surface area contributed by atoms with Crippen LogP contribution in [-0.2, 0) is 12.4 Å². The first-order chi connectivity index (χ1) is 10.1. The van der Waals surface area contributed by atoms with Crippen LogP contribution < -0.4 is 4.90 Å². The first-order valence-electron chi connectivity index (χ1n) is 6.88. The molecule has 22 heavy (non-hydrogen) atoms. The normalized spacial score (nSPS) is 17.9. The molecule has 0 N–H and O–H groups in total. The monoisotopic (exact) mass is 326 g/mol. The molecule has 0 aromatic heterocycles. The molecule has 1 saturated heterocycles. The lowest BCUT2D eigenvalue weighted by Gasteiger charge is -2.36. The van der Waals surface area contributed by atoms with Gasteiger partial charge >= 0.3 is 12.4 Å². The highest BCUT2D eigenvalue weighted by molar-refractivity contribution is 5.53. The molecule has 0 aliphatic carbocycles. The Balaban J connectivity index is 2.35. The van der Waals surface area contributed by atoms with Crippen LogP contribution in [0.25, 0.3) is 0 Å². The number of hydrogen-bond donors (Lipinski definition) is 0. The van der Waals surface area contributed by atoms with Crippen molar-refractivity contribution < 1.29 is 26.3 Å². The Kier molecular flexibility index (Phi) is 4.60. The van der Waals surface area contributed by atoms with Gasteiger partial charge in [0.2, 0.25) is 0 Å². The van der Waals surface area contributed by atoms with Gasteiger partial charge in [-0.3, -0.25) is 0 Å². The molecular formula is C14H16F6N2. The van der Waals surface area contributed by atoms with Crippen molar-refractivity contribution in [1.29, 1.82) is 0 Å². The maximum Gasteiger partial charge on any atom is 0.416 e. The lowest BCUT2D eigenvalue weighted by atomic mass is 10.1. The molecule has 8 heteroatoms. The zero-order valence-electron chi connectivity index (χ0n) is 11.9. The molecule has 0 spiro atoms. The maximum absolute atomic E-state index is 12.8. The molecule has 1 aliphatic rings. The van der Waals surface area contributed by atoms with E-state index in [1.54, 1.807) is 4.90 Å². The second-order valence-electron chi connectivity index (χ2n) is 5.19. The van der Waals surface area contributed by atoms with E-state index in [1.165, 1.54) is 0 Å². The minimum Gasteiger partial charge on any atom is -0.369 e. The molecular weight excluding hydrogens is 310 g/mol. The number of alkyl halides is 6. The van der Waals surface area contributed by atoms with Gasteiger partial charge in [0.15, 0.2) is 0 Å². The molecule has 1 aromatic rings. The van der Waals surface area contributed by atoms with Gasteiger partial charge in [0.1, 0.15) is 0 Å². The number of benzene rings is 1. The fourth-order valence-corrected chi connectivity index (χ4v) is 2.44. The van der Waals surface area contributed by atoms with E-state index >= 15 is 0 Å². The molecule has 1 fully saturated rings. The number of anilines is 1. The molecule has 0 radical (unpaired) electrons. The second-order valence-corrected chi connectivity index (χ2v) is 5.19. The van der Waals surface area contributed by atoms with Crippen molar-refractivity contribution in [1.82, 2.24) is 4.90 Å². The van der Waals surface area contributed by atoms with Gasteiger partial charge in [0, 0.05) is 31.9 Å². The SMILES string of the molecule is CCN1CCN(c2cc(C(F)(F)F)cc(C(F)(F)F)c2)CC1. The summed E-state index contributed by atoms with van der Waals surface area (Å²) in [5.74, 6) is 0. The molecule has 1 heterocycles. The number of hydrogen-bond acceptors (Lipinski definition) is 2. The van der Waals surface area contributed by atoms with Crippen LogP contribution in [0.15, 0.2) is 18.2 Å². The Morgan fingerprint density at radius 3 is 1.64 bits per heavy atom. The average Bonchev–Trinajstić information content (AvgIpc) is 2.45. The van der Waals surface area contributed by atoms with Gasteiger partial charge in [-0.25, -0.2) is 0 Å². The summed E-state index contributed by atoms with van der Waals surface area (Å²) in [7, 11) is 0. The molecule has 0 saturated carbocycles. The fourth-order valence-electron chi connectivity index (χ4n) is 2.44. The molecule has 1 aromatic carbocycles. The summed E-state index contributed by atoms with van der Waals surface area (Å²) in [6, 6.07) is 1.74. The van der Waals surface area contributed by atoms with Crippen LogP contribution in [0.2, 0.25) is 0 Å².